The van der Waals surface area contributed by atoms with Crippen LogP contribution in [0.1, 0.15) is 39.5 Å². The second kappa shape index (κ2) is 7.22. The fourth-order valence-corrected chi connectivity index (χ4v) is 2.72. The standard InChI is InChI=1S/C15H24N4O/c1-3-12(4-2)15(20)19-9-5-13(6-10-19)18-14-11-16-7-8-17-14/h7-8,11-13H,3-6,9-10H2,1-2H3,(H,17,18). The summed E-state index contributed by atoms with van der Waals surface area (Å²) >= 11 is 0. The molecule has 1 aromatic rings. The highest BCUT2D eigenvalue weighted by Crippen LogP contribution is 2.19. The molecule has 1 aromatic heterocycles. The zero-order valence-corrected chi connectivity index (χ0v) is 12.4. The first-order valence-corrected chi connectivity index (χ1v) is 7.55. The molecule has 5 heteroatoms. The molecule has 1 saturated heterocycles. The Bertz CT molecular complexity index is 411. The van der Waals surface area contributed by atoms with Crippen LogP contribution in [0.15, 0.2) is 18.6 Å². The Kier molecular flexibility index (Phi) is 5.32. The molecule has 1 aliphatic rings. The highest BCUT2D eigenvalue weighted by atomic mass is 16.2. The van der Waals surface area contributed by atoms with Gasteiger partial charge in [-0.05, 0) is 25.7 Å². The predicted molar refractivity (Wildman–Crippen MR) is 79.3 cm³/mol. The first-order valence-electron chi connectivity index (χ1n) is 7.55. The third-order valence-corrected chi connectivity index (χ3v) is 4.06. The summed E-state index contributed by atoms with van der Waals surface area (Å²) in [7, 11) is 0. The van der Waals surface area contributed by atoms with Gasteiger partial charge in [0.15, 0.2) is 0 Å². The van der Waals surface area contributed by atoms with Crippen molar-refractivity contribution in [1.29, 1.82) is 0 Å². The number of nitrogens with zero attached hydrogens (tertiary/aromatic N) is 3. The normalized spacial score (nSPS) is 16.4. The van der Waals surface area contributed by atoms with Crippen molar-refractivity contribution in [2.75, 3.05) is 18.4 Å². The summed E-state index contributed by atoms with van der Waals surface area (Å²) in [6.45, 7) is 5.86. The number of carbonyl (C=O) groups is 1. The van der Waals surface area contributed by atoms with Gasteiger partial charge < -0.3 is 10.2 Å². The highest BCUT2D eigenvalue weighted by molar-refractivity contribution is 5.78. The maximum Gasteiger partial charge on any atom is 0.225 e. The third-order valence-electron chi connectivity index (χ3n) is 4.06. The molecule has 20 heavy (non-hydrogen) atoms. The zero-order chi connectivity index (χ0) is 14.4. The SMILES string of the molecule is CCC(CC)C(=O)N1CCC(Nc2cnccn2)CC1. The number of anilines is 1. The van der Waals surface area contributed by atoms with Gasteiger partial charge in [-0.25, -0.2) is 4.98 Å². The minimum Gasteiger partial charge on any atom is -0.366 e. The molecule has 0 aliphatic carbocycles. The van der Waals surface area contributed by atoms with Crippen molar-refractivity contribution in [3.8, 4) is 0 Å². The fourth-order valence-electron chi connectivity index (χ4n) is 2.72. The van der Waals surface area contributed by atoms with Crippen LogP contribution in [0.4, 0.5) is 5.82 Å². The smallest absolute Gasteiger partial charge is 0.225 e. The van der Waals surface area contributed by atoms with Crippen LogP contribution in [0.3, 0.4) is 0 Å². The maximum atomic E-state index is 12.3. The van der Waals surface area contributed by atoms with Crippen LogP contribution in [0.5, 0.6) is 0 Å². The quantitative estimate of drug-likeness (QED) is 0.896. The molecule has 110 valence electrons. The third kappa shape index (κ3) is 3.68. The number of amides is 1. The Morgan fingerprint density at radius 3 is 2.60 bits per heavy atom. The Balaban J connectivity index is 1.82. The molecule has 0 aromatic carbocycles. The minimum atomic E-state index is 0.194. The van der Waals surface area contributed by atoms with Crippen molar-refractivity contribution in [2.24, 2.45) is 5.92 Å². The van der Waals surface area contributed by atoms with Crippen LogP contribution >= 0.6 is 0 Å². The Morgan fingerprint density at radius 1 is 1.35 bits per heavy atom. The average molecular weight is 276 g/mol. The van der Waals surface area contributed by atoms with Gasteiger partial charge in [-0.15, -0.1) is 0 Å². The molecule has 0 radical (unpaired) electrons. The highest BCUT2D eigenvalue weighted by Gasteiger charge is 2.26. The lowest BCUT2D eigenvalue weighted by Gasteiger charge is -2.34. The van der Waals surface area contributed by atoms with E-state index < -0.39 is 0 Å². The van der Waals surface area contributed by atoms with E-state index in [9.17, 15) is 4.79 Å². The van der Waals surface area contributed by atoms with E-state index in [4.69, 9.17) is 0 Å². The number of aromatic nitrogens is 2. The van der Waals surface area contributed by atoms with Gasteiger partial charge in [0, 0.05) is 37.4 Å². The monoisotopic (exact) mass is 276 g/mol. The van der Waals surface area contributed by atoms with Gasteiger partial charge in [-0.2, -0.15) is 0 Å². The topological polar surface area (TPSA) is 58.1 Å². The van der Waals surface area contributed by atoms with Crippen molar-refractivity contribution in [1.82, 2.24) is 14.9 Å². The van der Waals surface area contributed by atoms with E-state index in [0.717, 1.165) is 44.6 Å². The average Bonchev–Trinajstić information content (AvgIpc) is 2.50. The van der Waals surface area contributed by atoms with Gasteiger partial charge in [0.05, 0.1) is 6.20 Å². The van der Waals surface area contributed by atoms with E-state index in [-0.39, 0.29) is 5.92 Å². The van der Waals surface area contributed by atoms with Gasteiger partial charge >= 0.3 is 0 Å². The Hall–Kier alpha value is -1.65. The number of hydrogen-bond donors (Lipinski definition) is 1. The van der Waals surface area contributed by atoms with E-state index in [0.29, 0.717) is 11.9 Å². The number of nitrogens with one attached hydrogen (secondary N) is 1. The molecule has 0 saturated carbocycles. The number of piperidine rings is 1. The Morgan fingerprint density at radius 2 is 2.05 bits per heavy atom. The minimum absolute atomic E-state index is 0.194. The summed E-state index contributed by atoms with van der Waals surface area (Å²) in [5, 5.41) is 3.39. The van der Waals surface area contributed by atoms with Gasteiger partial charge in [-0.1, -0.05) is 13.8 Å². The molecular formula is C15H24N4O. The van der Waals surface area contributed by atoms with Crippen molar-refractivity contribution in [3.05, 3.63) is 18.6 Å². The lowest BCUT2D eigenvalue weighted by molar-refractivity contribution is -0.136. The van der Waals surface area contributed by atoms with Crippen LogP contribution < -0.4 is 5.32 Å². The van der Waals surface area contributed by atoms with Crippen molar-refractivity contribution in [3.63, 3.8) is 0 Å². The molecule has 2 rings (SSSR count). The van der Waals surface area contributed by atoms with Gasteiger partial charge in [0.25, 0.3) is 0 Å². The van der Waals surface area contributed by atoms with E-state index >= 15 is 0 Å². The van der Waals surface area contributed by atoms with E-state index in [1.165, 1.54) is 0 Å². The molecule has 1 fully saturated rings. The van der Waals surface area contributed by atoms with Crippen LogP contribution in [0, 0.1) is 5.92 Å². The molecule has 1 N–H and O–H groups in total. The lowest BCUT2D eigenvalue weighted by Crippen LogP contribution is -2.44. The Labute approximate surface area is 120 Å². The molecule has 0 atom stereocenters. The lowest BCUT2D eigenvalue weighted by atomic mass is 9.98. The second-order valence-corrected chi connectivity index (χ2v) is 5.35. The van der Waals surface area contributed by atoms with Gasteiger partial charge in [0.1, 0.15) is 5.82 Å². The van der Waals surface area contributed by atoms with Crippen molar-refractivity contribution >= 4 is 11.7 Å². The van der Waals surface area contributed by atoms with Gasteiger partial charge in [0.2, 0.25) is 5.91 Å². The van der Waals surface area contributed by atoms with Crippen LogP contribution in [0.25, 0.3) is 0 Å². The first kappa shape index (κ1) is 14.8. The molecule has 0 unspecified atom stereocenters. The summed E-state index contributed by atoms with van der Waals surface area (Å²) in [5.74, 6) is 1.34. The number of carbonyl (C=O) groups excluding carboxylic acids is 1. The van der Waals surface area contributed by atoms with E-state index in [1.54, 1.807) is 18.6 Å². The number of hydrogen-bond acceptors (Lipinski definition) is 4. The molecule has 5 nitrogen and oxygen atoms in total. The van der Waals surface area contributed by atoms with Crippen molar-refractivity contribution in [2.45, 2.75) is 45.6 Å². The molecule has 0 spiro atoms. The zero-order valence-electron chi connectivity index (χ0n) is 12.4. The van der Waals surface area contributed by atoms with E-state index in [2.05, 4.69) is 29.1 Å². The second-order valence-electron chi connectivity index (χ2n) is 5.35. The van der Waals surface area contributed by atoms with Crippen molar-refractivity contribution < 1.29 is 4.79 Å². The molecule has 2 heterocycles. The summed E-state index contributed by atoms with van der Waals surface area (Å²) in [6.07, 6.45) is 8.92. The molecular weight excluding hydrogens is 252 g/mol. The summed E-state index contributed by atoms with van der Waals surface area (Å²) < 4.78 is 0. The molecule has 0 bridgehead atoms. The number of rotatable bonds is 5. The van der Waals surface area contributed by atoms with Crippen LogP contribution in [-0.2, 0) is 4.79 Å². The van der Waals surface area contributed by atoms with Crippen LogP contribution in [-0.4, -0.2) is 39.9 Å². The summed E-state index contributed by atoms with van der Waals surface area (Å²) in [4.78, 5) is 22.6. The summed E-state index contributed by atoms with van der Waals surface area (Å²) in [6, 6.07) is 0.387. The van der Waals surface area contributed by atoms with Crippen LogP contribution in [0.2, 0.25) is 0 Å². The predicted octanol–water partition coefficient (Wildman–Crippen LogP) is 2.32. The molecule has 1 aliphatic heterocycles. The van der Waals surface area contributed by atoms with Gasteiger partial charge in [-0.3, -0.25) is 9.78 Å². The summed E-state index contributed by atoms with van der Waals surface area (Å²) in [5.41, 5.74) is 0. The largest absolute Gasteiger partial charge is 0.366 e. The first-order chi connectivity index (χ1) is 9.74. The molecule has 1 amide bonds. The van der Waals surface area contributed by atoms with E-state index in [1.807, 2.05) is 4.90 Å². The number of likely N-dealkylation sites (tertiary alicyclic amines) is 1. The maximum absolute atomic E-state index is 12.3. The fraction of sp³-hybridized carbons (Fsp3) is 0.667.